The number of fused-ring (bicyclic) bond motifs is 4. The number of hydrogen-bond donors (Lipinski definition) is 4. The maximum absolute atomic E-state index is 12.0. The van der Waals surface area contributed by atoms with Crippen LogP contribution >= 0.6 is 0 Å². The standard InChI is InChI=1S/C26H31N3O3.2C4H4O4/c1-27(2)25(30)18-29-15-13-28(14-16-29)17-22-19-31-26(32-22)23-9-5-3-7-20(23)11-12-21-8-4-6-10-24(21)26;2*5-3(6)1-2-4(7)8/h3-12,22H,13-19H2,1-2H3;2*1-2H,(H,5,6)(H,7,8)/b;2*2-1-. The van der Waals surface area contributed by atoms with E-state index in [1.807, 2.05) is 14.1 Å². The van der Waals surface area contributed by atoms with E-state index in [-0.39, 0.29) is 12.0 Å². The van der Waals surface area contributed by atoms with Crippen molar-refractivity contribution in [3.8, 4) is 0 Å². The highest BCUT2D eigenvalue weighted by molar-refractivity contribution is 5.90. The summed E-state index contributed by atoms with van der Waals surface area (Å²) < 4.78 is 13.3. The van der Waals surface area contributed by atoms with Crippen molar-refractivity contribution in [2.45, 2.75) is 11.9 Å². The number of carbonyl (C=O) groups is 5. The van der Waals surface area contributed by atoms with Crippen LogP contribution in [-0.4, -0.2) is 131 Å². The number of carboxylic acids is 4. The Hall–Kier alpha value is -5.15. The first-order chi connectivity index (χ1) is 22.8. The van der Waals surface area contributed by atoms with E-state index >= 15 is 0 Å². The minimum Gasteiger partial charge on any atom is -0.478 e. The molecule has 48 heavy (non-hydrogen) atoms. The van der Waals surface area contributed by atoms with Crippen LogP contribution in [0.5, 0.6) is 0 Å². The van der Waals surface area contributed by atoms with Gasteiger partial charge in [0.1, 0.15) is 0 Å². The first-order valence-corrected chi connectivity index (χ1v) is 14.9. The highest BCUT2D eigenvalue weighted by atomic mass is 16.7. The van der Waals surface area contributed by atoms with Crippen molar-refractivity contribution >= 4 is 41.9 Å². The van der Waals surface area contributed by atoms with Gasteiger partial charge in [0.05, 0.1) is 19.3 Å². The summed E-state index contributed by atoms with van der Waals surface area (Å²) in [6, 6.07) is 16.7. The molecule has 2 aromatic rings. The zero-order chi connectivity index (χ0) is 35.3. The molecule has 0 bridgehead atoms. The fourth-order valence-corrected chi connectivity index (χ4v) is 5.13. The van der Waals surface area contributed by atoms with Crippen LogP contribution in [-0.2, 0) is 39.2 Å². The Bertz CT molecular complexity index is 1440. The predicted molar refractivity (Wildman–Crippen MR) is 174 cm³/mol. The van der Waals surface area contributed by atoms with E-state index in [1.54, 1.807) is 4.90 Å². The summed E-state index contributed by atoms with van der Waals surface area (Å²) in [5.41, 5.74) is 4.39. The zero-order valence-electron chi connectivity index (χ0n) is 26.6. The van der Waals surface area contributed by atoms with Gasteiger partial charge < -0.3 is 34.8 Å². The molecule has 0 aromatic heterocycles. The fraction of sp³-hybridized carbons (Fsp3) is 0.324. The van der Waals surface area contributed by atoms with Crippen LogP contribution in [0.4, 0.5) is 0 Å². The Morgan fingerprint density at radius 1 is 0.729 bits per heavy atom. The molecule has 1 atom stereocenters. The molecule has 2 aliphatic heterocycles. The summed E-state index contributed by atoms with van der Waals surface area (Å²) in [6.07, 6.45) is 6.52. The fourth-order valence-electron chi connectivity index (χ4n) is 5.13. The van der Waals surface area contributed by atoms with E-state index < -0.39 is 29.7 Å². The second-order valence-corrected chi connectivity index (χ2v) is 11.1. The Morgan fingerprint density at radius 2 is 1.15 bits per heavy atom. The lowest BCUT2D eigenvalue weighted by atomic mass is 9.93. The van der Waals surface area contributed by atoms with Gasteiger partial charge in [-0.1, -0.05) is 60.7 Å². The van der Waals surface area contributed by atoms with Gasteiger partial charge in [-0.2, -0.15) is 0 Å². The second kappa shape index (κ2) is 17.7. The van der Waals surface area contributed by atoms with Crippen LogP contribution in [0.1, 0.15) is 22.3 Å². The number of benzene rings is 2. The molecule has 1 amide bonds. The van der Waals surface area contributed by atoms with Crippen molar-refractivity contribution in [1.29, 1.82) is 0 Å². The first kappa shape index (κ1) is 37.3. The normalized spacial score (nSPS) is 18.1. The highest BCUT2D eigenvalue weighted by Crippen LogP contribution is 2.45. The summed E-state index contributed by atoms with van der Waals surface area (Å²) in [6.45, 7) is 5.54. The Balaban J connectivity index is 0.000000325. The topological polar surface area (TPSA) is 194 Å². The molecule has 14 heteroatoms. The molecule has 0 radical (unpaired) electrons. The van der Waals surface area contributed by atoms with E-state index in [1.165, 1.54) is 0 Å². The Morgan fingerprint density at radius 3 is 1.56 bits per heavy atom. The average Bonchev–Trinajstić information content (AvgIpc) is 3.42. The number of carboxylic acid groups (broad SMARTS) is 4. The molecule has 2 fully saturated rings. The molecule has 2 aromatic carbocycles. The van der Waals surface area contributed by atoms with Gasteiger partial charge in [-0.05, 0) is 11.1 Å². The number of rotatable bonds is 8. The van der Waals surface area contributed by atoms with Crippen LogP contribution in [0.3, 0.4) is 0 Å². The zero-order valence-corrected chi connectivity index (χ0v) is 26.6. The summed E-state index contributed by atoms with van der Waals surface area (Å²) in [4.78, 5) is 56.5. The number of ether oxygens (including phenoxy) is 2. The molecule has 4 N–H and O–H groups in total. The van der Waals surface area contributed by atoms with Crippen molar-refractivity contribution in [2.75, 3.05) is 60.0 Å². The number of amides is 1. The van der Waals surface area contributed by atoms with Gasteiger partial charge in [0.25, 0.3) is 0 Å². The van der Waals surface area contributed by atoms with E-state index in [0.29, 0.717) is 37.5 Å². The van der Waals surface area contributed by atoms with Crippen LogP contribution in [0.2, 0.25) is 0 Å². The molecule has 1 unspecified atom stereocenters. The number of hydrogen-bond acceptors (Lipinski definition) is 9. The van der Waals surface area contributed by atoms with Gasteiger partial charge in [-0.25, -0.2) is 19.2 Å². The molecule has 2 saturated heterocycles. The minimum atomic E-state index is -1.26. The molecule has 14 nitrogen and oxygen atoms in total. The van der Waals surface area contributed by atoms with E-state index in [4.69, 9.17) is 29.9 Å². The molecular weight excluding hydrogens is 626 g/mol. The SMILES string of the molecule is CN(C)C(=O)CN1CCN(CC2COC3(O2)c2ccccc2C=Cc2ccccc23)CC1.O=C(O)/C=C\C(=O)O.O=C(O)/C=C\C(=O)O. The van der Waals surface area contributed by atoms with Crippen LogP contribution in [0.15, 0.2) is 72.8 Å². The number of nitrogens with zero attached hydrogens (tertiary/aromatic N) is 3. The van der Waals surface area contributed by atoms with E-state index in [9.17, 15) is 24.0 Å². The Labute approximate surface area is 277 Å². The third-order valence-electron chi connectivity index (χ3n) is 7.40. The molecular formula is C34H39N3O11. The van der Waals surface area contributed by atoms with Crippen LogP contribution in [0, 0.1) is 0 Å². The van der Waals surface area contributed by atoms with Gasteiger partial charge in [-0.15, -0.1) is 0 Å². The maximum atomic E-state index is 12.0. The number of piperazine rings is 1. The van der Waals surface area contributed by atoms with E-state index in [0.717, 1.165) is 55.0 Å². The van der Waals surface area contributed by atoms with E-state index in [2.05, 4.69) is 70.5 Å². The first-order valence-electron chi connectivity index (χ1n) is 14.9. The summed E-state index contributed by atoms with van der Waals surface area (Å²) in [5.74, 6) is -5.74. The predicted octanol–water partition coefficient (Wildman–Crippen LogP) is 1.92. The monoisotopic (exact) mass is 665 g/mol. The lowest BCUT2D eigenvalue weighted by molar-refractivity contribution is -0.145. The molecule has 256 valence electrons. The molecule has 1 spiro atoms. The third kappa shape index (κ3) is 11.0. The number of carbonyl (C=O) groups excluding carboxylic acids is 1. The third-order valence-corrected chi connectivity index (χ3v) is 7.40. The summed E-state index contributed by atoms with van der Waals surface area (Å²) in [7, 11) is 3.62. The largest absolute Gasteiger partial charge is 0.478 e. The number of aliphatic carboxylic acids is 4. The van der Waals surface area contributed by atoms with Crippen molar-refractivity contribution < 1.29 is 53.9 Å². The lowest BCUT2D eigenvalue weighted by Gasteiger charge is -2.36. The highest BCUT2D eigenvalue weighted by Gasteiger charge is 2.47. The Kier molecular flexibility index (Phi) is 13.7. The van der Waals surface area contributed by atoms with Crippen LogP contribution < -0.4 is 0 Å². The number of likely N-dealkylation sites (N-methyl/N-ethyl adjacent to an activating group) is 1. The van der Waals surface area contributed by atoms with Gasteiger partial charge in [-0.3, -0.25) is 14.6 Å². The smallest absolute Gasteiger partial charge is 0.328 e. The second-order valence-electron chi connectivity index (χ2n) is 11.1. The summed E-state index contributed by atoms with van der Waals surface area (Å²) >= 11 is 0. The van der Waals surface area contributed by atoms with Gasteiger partial charge >= 0.3 is 23.9 Å². The quantitative estimate of drug-likeness (QED) is 0.299. The molecule has 0 saturated carbocycles. The molecule has 3 aliphatic rings. The van der Waals surface area contributed by atoms with Crippen molar-refractivity contribution in [2.24, 2.45) is 0 Å². The van der Waals surface area contributed by atoms with Crippen molar-refractivity contribution in [3.05, 3.63) is 95.1 Å². The van der Waals surface area contributed by atoms with Gasteiger partial charge in [0.2, 0.25) is 11.7 Å². The van der Waals surface area contributed by atoms with Crippen LogP contribution in [0.25, 0.3) is 12.2 Å². The molecule has 1 aliphatic carbocycles. The van der Waals surface area contributed by atoms with Gasteiger partial charge in [0.15, 0.2) is 0 Å². The lowest BCUT2D eigenvalue weighted by Crippen LogP contribution is -2.51. The average molecular weight is 666 g/mol. The van der Waals surface area contributed by atoms with Crippen molar-refractivity contribution in [3.63, 3.8) is 0 Å². The minimum absolute atomic E-state index is 0.0100. The molecule has 5 rings (SSSR count). The summed E-state index contributed by atoms with van der Waals surface area (Å²) in [5, 5.41) is 31.2. The molecule has 2 heterocycles. The van der Waals surface area contributed by atoms with Gasteiger partial charge in [0, 0.05) is 82.3 Å². The maximum Gasteiger partial charge on any atom is 0.328 e. The van der Waals surface area contributed by atoms with Crippen molar-refractivity contribution in [1.82, 2.24) is 14.7 Å².